The van der Waals surface area contributed by atoms with Crippen LogP contribution in [0.4, 0.5) is 0 Å². The molecule has 2 bridgehead atoms. The molecule has 3 unspecified atom stereocenters. The third-order valence-corrected chi connectivity index (χ3v) is 4.34. The number of piperidine rings is 1. The van der Waals surface area contributed by atoms with Crippen molar-refractivity contribution in [1.29, 1.82) is 0 Å². The first kappa shape index (κ1) is 12.0. The highest BCUT2D eigenvalue weighted by Crippen LogP contribution is 2.32. The minimum Gasteiger partial charge on any atom is -0.486 e. The van der Waals surface area contributed by atoms with E-state index in [9.17, 15) is 4.79 Å². The Hall–Kier alpha value is -1.82. The van der Waals surface area contributed by atoms with Crippen molar-refractivity contribution in [3.8, 4) is 11.5 Å². The Morgan fingerprint density at radius 2 is 2.15 bits per heavy atom. The topological polar surface area (TPSA) is 72.5 Å². The van der Waals surface area contributed by atoms with E-state index >= 15 is 0 Å². The Morgan fingerprint density at radius 1 is 1.30 bits per heavy atom. The number of rotatable bonds is 2. The number of fused-ring (bicyclic) bond motifs is 3. The van der Waals surface area contributed by atoms with Gasteiger partial charge in [-0.3, -0.25) is 4.79 Å². The molecular weight excluding hydrogens is 258 g/mol. The van der Waals surface area contributed by atoms with Gasteiger partial charge >= 0.3 is 0 Å². The van der Waals surface area contributed by atoms with Crippen LogP contribution in [0, 0.1) is 5.92 Å². The van der Waals surface area contributed by atoms with Crippen molar-refractivity contribution >= 4 is 5.91 Å². The molecule has 6 heteroatoms. The molecule has 6 nitrogen and oxygen atoms in total. The lowest BCUT2D eigenvalue weighted by Gasteiger charge is -2.23. The quantitative estimate of drug-likeness (QED) is 0.814. The van der Waals surface area contributed by atoms with Crippen LogP contribution in [0.15, 0.2) is 12.3 Å². The van der Waals surface area contributed by atoms with Crippen molar-refractivity contribution in [2.24, 2.45) is 5.92 Å². The summed E-state index contributed by atoms with van der Waals surface area (Å²) in [4.78, 5) is 16.4. The second-order valence-corrected chi connectivity index (χ2v) is 5.63. The number of carbonyl (C=O) groups excluding carboxylic acids is 1. The van der Waals surface area contributed by atoms with E-state index in [-0.39, 0.29) is 11.9 Å². The van der Waals surface area contributed by atoms with Crippen LogP contribution in [0.25, 0.3) is 0 Å². The van der Waals surface area contributed by atoms with Crippen molar-refractivity contribution in [1.82, 2.24) is 15.6 Å². The van der Waals surface area contributed by atoms with Crippen LogP contribution < -0.4 is 20.1 Å². The number of hydrogen-bond acceptors (Lipinski definition) is 5. The first-order valence-corrected chi connectivity index (χ1v) is 7.09. The van der Waals surface area contributed by atoms with Crippen LogP contribution in [-0.2, 0) is 0 Å². The van der Waals surface area contributed by atoms with Gasteiger partial charge in [-0.25, -0.2) is 4.98 Å². The van der Waals surface area contributed by atoms with Gasteiger partial charge in [-0.15, -0.1) is 0 Å². The molecule has 1 aromatic rings. The maximum Gasteiger partial charge on any atom is 0.270 e. The van der Waals surface area contributed by atoms with Gasteiger partial charge in [0.2, 0.25) is 0 Å². The van der Waals surface area contributed by atoms with Crippen LogP contribution in [0.2, 0.25) is 0 Å². The molecule has 1 saturated carbocycles. The summed E-state index contributed by atoms with van der Waals surface area (Å²) in [5.74, 6) is 1.64. The molecule has 4 rings (SSSR count). The normalized spacial score (nSPS) is 30.3. The Bertz CT molecular complexity index is 548. The van der Waals surface area contributed by atoms with Crippen molar-refractivity contribution < 1.29 is 14.3 Å². The van der Waals surface area contributed by atoms with Gasteiger partial charge in [-0.05, 0) is 18.8 Å². The number of carbonyl (C=O) groups is 1. The number of hydrogen-bond donors (Lipinski definition) is 2. The van der Waals surface area contributed by atoms with Crippen LogP contribution in [0.3, 0.4) is 0 Å². The van der Waals surface area contributed by atoms with E-state index in [0.717, 1.165) is 13.0 Å². The predicted octanol–water partition coefficient (Wildman–Crippen LogP) is 0.333. The summed E-state index contributed by atoms with van der Waals surface area (Å²) in [5, 5.41) is 6.53. The number of nitrogens with one attached hydrogen (secondary N) is 2. The molecule has 3 heterocycles. The third kappa shape index (κ3) is 2.00. The second kappa shape index (κ2) is 4.63. The fourth-order valence-corrected chi connectivity index (χ4v) is 3.33. The van der Waals surface area contributed by atoms with Gasteiger partial charge in [0.25, 0.3) is 5.91 Å². The summed E-state index contributed by atoms with van der Waals surface area (Å²) in [6, 6.07) is 2.50. The van der Waals surface area contributed by atoms with Gasteiger partial charge in [-0.2, -0.15) is 0 Å². The smallest absolute Gasteiger partial charge is 0.270 e. The fraction of sp³-hybridized carbons (Fsp3) is 0.571. The molecule has 2 fully saturated rings. The van der Waals surface area contributed by atoms with E-state index in [2.05, 4.69) is 15.6 Å². The molecular formula is C14H17N3O3. The maximum atomic E-state index is 12.3. The number of ether oxygens (including phenoxy) is 2. The van der Waals surface area contributed by atoms with Crippen LogP contribution in [0.1, 0.15) is 23.3 Å². The molecule has 0 spiro atoms. The SMILES string of the molecule is O=C(NC1CC2CC1CN2)c1cc2c(cn1)OCCO2. The van der Waals surface area contributed by atoms with Crippen LogP contribution in [-0.4, -0.2) is 42.7 Å². The van der Waals surface area contributed by atoms with Crippen molar-refractivity contribution in [3.05, 3.63) is 18.0 Å². The molecule has 1 amide bonds. The highest BCUT2D eigenvalue weighted by atomic mass is 16.6. The number of aromatic nitrogens is 1. The minimum atomic E-state index is -0.125. The molecule has 2 N–H and O–H groups in total. The van der Waals surface area contributed by atoms with Gasteiger partial charge in [0.1, 0.15) is 18.9 Å². The highest BCUT2D eigenvalue weighted by molar-refractivity contribution is 5.93. The van der Waals surface area contributed by atoms with Gasteiger partial charge in [-0.1, -0.05) is 0 Å². The highest BCUT2D eigenvalue weighted by Gasteiger charge is 2.40. The average Bonchev–Trinajstić information content (AvgIpc) is 3.09. The second-order valence-electron chi connectivity index (χ2n) is 5.63. The standard InChI is InChI=1S/C14H17N3O3/c18-14(17-10-4-9-3-8(10)6-15-9)11-5-12-13(7-16-11)20-2-1-19-12/h5,7-10,15H,1-4,6H2,(H,17,18). The molecule has 106 valence electrons. The van der Waals surface area contributed by atoms with E-state index in [1.54, 1.807) is 12.3 Å². The monoisotopic (exact) mass is 275 g/mol. The Balaban J connectivity index is 1.48. The first-order chi connectivity index (χ1) is 9.79. The zero-order valence-corrected chi connectivity index (χ0v) is 11.1. The lowest BCUT2D eigenvalue weighted by Crippen LogP contribution is -2.44. The van der Waals surface area contributed by atoms with Crippen molar-refractivity contribution in [2.75, 3.05) is 19.8 Å². The summed E-state index contributed by atoms with van der Waals surface area (Å²) >= 11 is 0. The third-order valence-electron chi connectivity index (χ3n) is 4.34. The number of nitrogens with zero attached hydrogens (tertiary/aromatic N) is 1. The molecule has 1 aliphatic carbocycles. The predicted molar refractivity (Wildman–Crippen MR) is 71.0 cm³/mol. The van der Waals surface area contributed by atoms with E-state index in [0.29, 0.717) is 42.4 Å². The van der Waals surface area contributed by atoms with Gasteiger partial charge in [0.15, 0.2) is 11.5 Å². The average molecular weight is 275 g/mol. The molecule has 20 heavy (non-hydrogen) atoms. The van der Waals surface area contributed by atoms with E-state index in [1.165, 1.54) is 6.42 Å². The summed E-state index contributed by atoms with van der Waals surface area (Å²) in [7, 11) is 0. The van der Waals surface area contributed by atoms with Gasteiger partial charge < -0.3 is 20.1 Å². The molecule has 2 aliphatic heterocycles. The molecule has 0 radical (unpaired) electrons. The van der Waals surface area contributed by atoms with Crippen molar-refractivity contribution in [3.63, 3.8) is 0 Å². The maximum absolute atomic E-state index is 12.3. The molecule has 0 aromatic carbocycles. The summed E-state index contributed by atoms with van der Waals surface area (Å²) < 4.78 is 10.9. The lowest BCUT2D eigenvalue weighted by molar-refractivity contribution is 0.0918. The zero-order valence-electron chi connectivity index (χ0n) is 11.1. The zero-order chi connectivity index (χ0) is 13.5. The van der Waals surface area contributed by atoms with E-state index in [4.69, 9.17) is 9.47 Å². The summed E-state index contributed by atoms with van der Waals surface area (Å²) in [6.45, 7) is 2.04. The number of amides is 1. The Labute approximate surface area is 116 Å². The summed E-state index contributed by atoms with van der Waals surface area (Å²) in [6.07, 6.45) is 3.74. The van der Waals surface area contributed by atoms with Gasteiger partial charge in [0.05, 0.1) is 6.20 Å². The Morgan fingerprint density at radius 3 is 2.90 bits per heavy atom. The molecule has 3 aliphatic rings. The van der Waals surface area contributed by atoms with Gasteiger partial charge in [0, 0.05) is 24.7 Å². The van der Waals surface area contributed by atoms with Crippen molar-refractivity contribution in [2.45, 2.75) is 24.9 Å². The molecule has 3 atom stereocenters. The summed E-state index contributed by atoms with van der Waals surface area (Å²) in [5.41, 5.74) is 0.394. The van der Waals surface area contributed by atoms with Crippen LogP contribution in [0.5, 0.6) is 11.5 Å². The fourth-order valence-electron chi connectivity index (χ4n) is 3.33. The van der Waals surface area contributed by atoms with Crippen LogP contribution >= 0.6 is 0 Å². The number of pyridine rings is 1. The first-order valence-electron chi connectivity index (χ1n) is 7.09. The Kier molecular flexibility index (Phi) is 2.77. The molecule has 1 aromatic heterocycles. The van der Waals surface area contributed by atoms with E-state index < -0.39 is 0 Å². The largest absolute Gasteiger partial charge is 0.486 e. The lowest BCUT2D eigenvalue weighted by atomic mass is 10.0. The van der Waals surface area contributed by atoms with E-state index in [1.807, 2.05) is 0 Å². The molecule has 1 saturated heterocycles. The minimum absolute atomic E-state index is 0.125.